The first kappa shape index (κ1) is 25.0. The van der Waals surface area contributed by atoms with Gasteiger partial charge in [-0.2, -0.15) is 0 Å². The van der Waals surface area contributed by atoms with Crippen molar-refractivity contribution in [1.29, 1.82) is 0 Å². The molecule has 1 aromatic heterocycles. The van der Waals surface area contributed by atoms with Gasteiger partial charge < -0.3 is 20.1 Å². The molecule has 1 fully saturated rings. The molecule has 2 N–H and O–H groups in total. The number of nitrogens with one attached hydrogen (secondary N) is 2. The van der Waals surface area contributed by atoms with E-state index in [2.05, 4.69) is 64.2 Å². The van der Waals surface area contributed by atoms with Crippen LogP contribution in [0, 0.1) is 11.8 Å². The van der Waals surface area contributed by atoms with Crippen LogP contribution in [0.25, 0.3) is 0 Å². The molecule has 0 radical (unpaired) electrons. The van der Waals surface area contributed by atoms with Crippen molar-refractivity contribution in [1.82, 2.24) is 30.3 Å². The van der Waals surface area contributed by atoms with Crippen molar-refractivity contribution in [3.05, 3.63) is 5.82 Å². The van der Waals surface area contributed by atoms with E-state index in [0.29, 0.717) is 5.92 Å². The molecule has 0 unspecified atom stereocenters. The number of guanidine groups is 1. The number of rotatable bonds is 12. The maximum atomic E-state index is 4.76. The summed E-state index contributed by atoms with van der Waals surface area (Å²) in [5, 5.41) is 16.6. The van der Waals surface area contributed by atoms with Crippen molar-refractivity contribution in [3.63, 3.8) is 0 Å². The quantitative estimate of drug-likeness (QED) is 0.226. The number of piperidine rings is 1. The Morgan fingerprint density at radius 1 is 1.20 bits per heavy atom. The molecule has 30 heavy (non-hydrogen) atoms. The number of likely N-dealkylation sites (tertiary alicyclic amines) is 1. The molecule has 0 bridgehead atoms. The smallest absolute Gasteiger partial charge is 0.191 e. The van der Waals surface area contributed by atoms with Crippen LogP contribution in [0.15, 0.2) is 10.1 Å². The van der Waals surface area contributed by atoms with Crippen LogP contribution in [-0.4, -0.2) is 71.1 Å². The van der Waals surface area contributed by atoms with E-state index < -0.39 is 0 Å². The number of aliphatic imine (C=N–C) groups is 1. The van der Waals surface area contributed by atoms with Crippen LogP contribution in [0.1, 0.15) is 59.2 Å². The Kier molecular flexibility index (Phi) is 11.6. The second kappa shape index (κ2) is 13.9. The largest absolute Gasteiger partial charge is 0.357 e. The molecule has 1 aliphatic heterocycles. The van der Waals surface area contributed by atoms with Crippen molar-refractivity contribution in [2.75, 3.05) is 45.5 Å². The average Bonchev–Trinajstić information content (AvgIpc) is 3.10. The maximum absolute atomic E-state index is 4.76. The predicted molar refractivity (Wildman–Crippen MR) is 128 cm³/mol. The predicted octanol–water partition coefficient (Wildman–Crippen LogP) is 3.27. The Morgan fingerprint density at radius 2 is 1.97 bits per heavy atom. The number of aromatic nitrogens is 3. The molecule has 7 nitrogen and oxygen atoms in total. The van der Waals surface area contributed by atoms with E-state index in [1.807, 2.05) is 0 Å². The molecule has 0 atom stereocenters. The summed E-state index contributed by atoms with van der Waals surface area (Å²) in [6.07, 6.45) is 7.81. The lowest BCUT2D eigenvalue weighted by atomic mass is 9.99. The summed E-state index contributed by atoms with van der Waals surface area (Å²) in [6.45, 7) is 16.3. The van der Waals surface area contributed by atoms with Crippen LogP contribution in [0.3, 0.4) is 0 Å². The van der Waals surface area contributed by atoms with Crippen molar-refractivity contribution >= 4 is 17.7 Å². The zero-order valence-corrected chi connectivity index (χ0v) is 20.6. The molecule has 2 rings (SSSR count). The van der Waals surface area contributed by atoms with Crippen LogP contribution < -0.4 is 10.6 Å². The zero-order chi connectivity index (χ0) is 21.8. The van der Waals surface area contributed by atoms with Gasteiger partial charge in [0.25, 0.3) is 0 Å². The van der Waals surface area contributed by atoms with Crippen LogP contribution >= 0.6 is 11.8 Å². The van der Waals surface area contributed by atoms with Gasteiger partial charge in [0.1, 0.15) is 5.82 Å². The van der Waals surface area contributed by atoms with E-state index in [-0.39, 0.29) is 0 Å². The van der Waals surface area contributed by atoms with Gasteiger partial charge in [-0.3, -0.25) is 4.99 Å². The fourth-order valence-corrected chi connectivity index (χ4v) is 4.29. The Labute approximate surface area is 187 Å². The molecule has 8 heteroatoms. The molecule has 2 heterocycles. The summed E-state index contributed by atoms with van der Waals surface area (Å²) in [6, 6.07) is 0. The van der Waals surface area contributed by atoms with Crippen LogP contribution in [0.2, 0.25) is 0 Å². The normalized spacial score (nSPS) is 16.4. The fraction of sp³-hybridized carbons (Fsp3) is 0.864. The average molecular weight is 438 g/mol. The summed E-state index contributed by atoms with van der Waals surface area (Å²) < 4.78 is 2.27. The maximum Gasteiger partial charge on any atom is 0.191 e. The van der Waals surface area contributed by atoms with E-state index in [1.165, 1.54) is 32.5 Å². The third-order valence-corrected chi connectivity index (χ3v) is 6.18. The molecule has 1 saturated heterocycles. The highest BCUT2D eigenvalue weighted by atomic mass is 32.2. The van der Waals surface area contributed by atoms with E-state index in [9.17, 15) is 0 Å². The van der Waals surface area contributed by atoms with Crippen molar-refractivity contribution < 1.29 is 0 Å². The Morgan fingerprint density at radius 3 is 2.63 bits per heavy atom. The highest BCUT2D eigenvalue weighted by Crippen LogP contribution is 2.17. The van der Waals surface area contributed by atoms with Gasteiger partial charge in [0.2, 0.25) is 0 Å². The standard InChI is InChI=1S/C22H43N7S/c1-6-23-21(25-13-8-14-28-15-10-19(4)11-16-28)24-12-7-9-20-26-27-22(30-5)29(20)17-18(2)3/h18-19H,6-17H2,1-5H3,(H2,23,24,25). The lowest BCUT2D eigenvalue weighted by Crippen LogP contribution is -2.39. The summed E-state index contributed by atoms with van der Waals surface area (Å²) in [7, 11) is 0. The lowest BCUT2D eigenvalue weighted by Gasteiger charge is -2.30. The zero-order valence-electron chi connectivity index (χ0n) is 19.8. The van der Waals surface area contributed by atoms with Gasteiger partial charge in [-0.15, -0.1) is 10.2 Å². The fourth-order valence-electron chi connectivity index (χ4n) is 3.77. The van der Waals surface area contributed by atoms with E-state index in [0.717, 1.165) is 68.3 Å². The molecule has 1 aromatic rings. The first-order valence-corrected chi connectivity index (χ1v) is 13.0. The van der Waals surface area contributed by atoms with Crippen LogP contribution in [0.4, 0.5) is 0 Å². The summed E-state index contributed by atoms with van der Waals surface area (Å²) in [5.74, 6) is 3.50. The van der Waals surface area contributed by atoms with Crippen molar-refractivity contribution in [2.45, 2.75) is 71.5 Å². The number of aryl methyl sites for hydroxylation is 1. The molecular formula is C22H43N7S. The van der Waals surface area contributed by atoms with Gasteiger partial charge in [-0.1, -0.05) is 32.5 Å². The lowest BCUT2D eigenvalue weighted by molar-refractivity contribution is 0.191. The second-order valence-electron chi connectivity index (χ2n) is 8.78. The third-order valence-electron chi connectivity index (χ3n) is 5.52. The second-order valence-corrected chi connectivity index (χ2v) is 9.55. The monoisotopic (exact) mass is 437 g/mol. The van der Waals surface area contributed by atoms with Gasteiger partial charge in [0.15, 0.2) is 11.1 Å². The summed E-state index contributed by atoms with van der Waals surface area (Å²) >= 11 is 1.67. The van der Waals surface area contributed by atoms with Crippen LogP contribution in [-0.2, 0) is 13.0 Å². The summed E-state index contributed by atoms with van der Waals surface area (Å²) in [4.78, 5) is 7.36. The van der Waals surface area contributed by atoms with Gasteiger partial charge in [0, 0.05) is 32.6 Å². The Bertz CT molecular complexity index is 621. The minimum atomic E-state index is 0.585. The molecule has 0 aliphatic carbocycles. The van der Waals surface area contributed by atoms with E-state index in [1.54, 1.807) is 11.8 Å². The first-order chi connectivity index (χ1) is 14.5. The third kappa shape index (κ3) is 8.84. The molecule has 0 aromatic carbocycles. The molecule has 172 valence electrons. The van der Waals surface area contributed by atoms with E-state index in [4.69, 9.17) is 4.99 Å². The van der Waals surface area contributed by atoms with Crippen molar-refractivity contribution in [3.8, 4) is 0 Å². The number of hydrogen-bond acceptors (Lipinski definition) is 5. The van der Waals surface area contributed by atoms with Gasteiger partial charge >= 0.3 is 0 Å². The molecule has 1 aliphatic rings. The van der Waals surface area contributed by atoms with Crippen LogP contribution in [0.5, 0.6) is 0 Å². The summed E-state index contributed by atoms with van der Waals surface area (Å²) in [5.41, 5.74) is 0. The Hall–Kier alpha value is -1.28. The highest BCUT2D eigenvalue weighted by Gasteiger charge is 2.15. The molecular weight excluding hydrogens is 394 g/mol. The SMILES string of the molecule is CCNC(=NCCCc1nnc(SC)n1CC(C)C)NCCCN1CCC(C)CC1. The van der Waals surface area contributed by atoms with Gasteiger partial charge in [-0.05, 0) is 70.3 Å². The van der Waals surface area contributed by atoms with Crippen molar-refractivity contribution in [2.24, 2.45) is 16.8 Å². The number of hydrogen-bond donors (Lipinski definition) is 2. The number of thioether (sulfide) groups is 1. The van der Waals surface area contributed by atoms with Gasteiger partial charge in [0.05, 0.1) is 0 Å². The van der Waals surface area contributed by atoms with Gasteiger partial charge in [-0.25, -0.2) is 0 Å². The Balaban J connectivity index is 1.72. The molecule has 0 saturated carbocycles. The molecule has 0 amide bonds. The minimum Gasteiger partial charge on any atom is -0.357 e. The number of nitrogens with zero attached hydrogens (tertiary/aromatic N) is 5. The first-order valence-electron chi connectivity index (χ1n) is 11.7. The molecule has 0 spiro atoms. The van der Waals surface area contributed by atoms with E-state index >= 15 is 0 Å². The topological polar surface area (TPSA) is 70.4 Å². The minimum absolute atomic E-state index is 0.585. The highest BCUT2D eigenvalue weighted by molar-refractivity contribution is 7.98.